The van der Waals surface area contributed by atoms with E-state index in [9.17, 15) is 9.59 Å². The monoisotopic (exact) mass is 427 g/mol. The highest BCUT2D eigenvalue weighted by atomic mass is 16.5. The molecule has 2 aromatic carbocycles. The lowest BCUT2D eigenvalue weighted by Crippen LogP contribution is -2.45. The van der Waals surface area contributed by atoms with Gasteiger partial charge in [-0.05, 0) is 52.4 Å². The third-order valence-corrected chi connectivity index (χ3v) is 4.85. The summed E-state index contributed by atoms with van der Waals surface area (Å²) in [6.07, 6.45) is 0. The molecule has 0 saturated carbocycles. The Bertz CT molecular complexity index is 868. The summed E-state index contributed by atoms with van der Waals surface area (Å²) in [6, 6.07) is 12.8. The third kappa shape index (κ3) is 7.61. The smallest absolute Gasteiger partial charge is 0.238 e. The predicted octanol–water partition coefficient (Wildman–Crippen LogP) is 3.37. The van der Waals surface area contributed by atoms with E-state index in [1.807, 2.05) is 45.0 Å². The molecule has 0 spiro atoms. The van der Waals surface area contributed by atoms with Crippen molar-refractivity contribution in [1.29, 1.82) is 0 Å². The zero-order chi connectivity index (χ0) is 22.8. The second-order valence-corrected chi connectivity index (χ2v) is 7.37. The van der Waals surface area contributed by atoms with Gasteiger partial charge in [-0.15, -0.1) is 0 Å². The summed E-state index contributed by atoms with van der Waals surface area (Å²) >= 11 is 0. The number of nitrogens with one attached hydrogen (secondary N) is 2. The molecular weight excluding hydrogens is 394 g/mol. The van der Waals surface area contributed by atoms with E-state index in [4.69, 9.17) is 9.47 Å². The van der Waals surface area contributed by atoms with E-state index in [1.165, 1.54) is 5.56 Å². The fourth-order valence-corrected chi connectivity index (χ4v) is 2.94. The third-order valence-electron chi connectivity index (χ3n) is 4.85. The van der Waals surface area contributed by atoms with Crippen molar-refractivity contribution >= 4 is 17.5 Å². The first kappa shape index (κ1) is 24.2. The van der Waals surface area contributed by atoms with Crippen LogP contribution in [-0.2, 0) is 16.1 Å². The van der Waals surface area contributed by atoms with Crippen molar-refractivity contribution in [3.05, 3.63) is 53.6 Å². The number of hydrogen-bond acceptors (Lipinski definition) is 5. The van der Waals surface area contributed by atoms with Gasteiger partial charge in [-0.25, -0.2) is 0 Å². The Kier molecular flexibility index (Phi) is 9.34. The van der Waals surface area contributed by atoms with Crippen molar-refractivity contribution in [1.82, 2.24) is 10.2 Å². The molecule has 31 heavy (non-hydrogen) atoms. The standard InChI is InChI=1S/C24H33N3O4/c1-6-30-21-13-12-20(14-22(21)31-7-2)26-23(28)16-27(5)18(4)24(29)25-15-19-10-8-17(3)9-11-19/h8-14,18H,6-7,15-16H2,1-5H3,(H,25,29)(H,26,28). The van der Waals surface area contributed by atoms with Crippen LogP contribution < -0.4 is 20.1 Å². The Labute approximate surface area is 184 Å². The zero-order valence-electron chi connectivity index (χ0n) is 19.0. The highest BCUT2D eigenvalue weighted by Crippen LogP contribution is 2.30. The molecule has 1 unspecified atom stereocenters. The highest BCUT2D eigenvalue weighted by Gasteiger charge is 2.20. The Morgan fingerprint density at radius 2 is 1.65 bits per heavy atom. The minimum Gasteiger partial charge on any atom is -0.490 e. The molecule has 0 aromatic heterocycles. The maximum absolute atomic E-state index is 12.5. The number of nitrogens with zero attached hydrogens (tertiary/aromatic N) is 1. The van der Waals surface area contributed by atoms with E-state index in [1.54, 1.807) is 37.1 Å². The Balaban J connectivity index is 1.88. The lowest BCUT2D eigenvalue weighted by Gasteiger charge is -2.23. The van der Waals surface area contributed by atoms with Crippen molar-refractivity contribution < 1.29 is 19.1 Å². The number of amides is 2. The van der Waals surface area contributed by atoms with Gasteiger partial charge in [0.05, 0.1) is 25.8 Å². The van der Waals surface area contributed by atoms with Crippen LogP contribution in [0.5, 0.6) is 11.5 Å². The Hall–Kier alpha value is -3.06. The van der Waals surface area contributed by atoms with Crippen LogP contribution in [0.25, 0.3) is 0 Å². The van der Waals surface area contributed by atoms with E-state index in [2.05, 4.69) is 10.6 Å². The molecule has 1 atom stereocenters. The van der Waals surface area contributed by atoms with Crippen LogP contribution in [0.1, 0.15) is 31.9 Å². The van der Waals surface area contributed by atoms with Gasteiger partial charge < -0.3 is 20.1 Å². The molecule has 0 radical (unpaired) electrons. The van der Waals surface area contributed by atoms with Crippen LogP contribution in [0, 0.1) is 6.92 Å². The normalized spacial score (nSPS) is 11.7. The topological polar surface area (TPSA) is 79.9 Å². The molecule has 0 heterocycles. The fraction of sp³-hybridized carbons (Fsp3) is 0.417. The van der Waals surface area contributed by atoms with Crippen molar-refractivity contribution in [2.45, 2.75) is 40.3 Å². The van der Waals surface area contributed by atoms with Crippen molar-refractivity contribution in [3.63, 3.8) is 0 Å². The molecule has 168 valence electrons. The molecule has 7 heteroatoms. The average molecular weight is 428 g/mol. The molecule has 0 bridgehead atoms. The SMILES string of the molecule is CCOc1ccc(NC(=O)CN(C)C(C)C(=O)NCc2ccc(C)cc2)cc1OCC. The number of carbonyl (C=O) groups excluding carboxylic acids is 2. The fourth-order valence-electron chi connectivity index (χ4n) is 2.94. The van der Waals surface area contributed by atoms with Gasteiger partial charge in [0.2, 0.25) is 11.8 Å². The van der Waals surface area contributed by atoms with Crippen molar-refractivity contribution in [3.8, 4) is 11.5 Å². The van der Waals surface area contributed by atoms with Crippen LogP contribution in [0.15, 0.2) is 42.5 Å². The second-order valence-electron chi connectivity index (χ2n) is 7.37. The van der Waals surface area contributed by atoms with Crippen LogP contribution in [-0.4, -0.2) is 49.6 Å². The van der Waals surface area contributed by atoms with Gasteiger partial charge in [-0.3, -0.25) is 14.5 Å². The molecule has 2 aromatic rings. The lowest BCUT2D eigenvalue weighted by atomic mass is 10.1. The zero-order valence-corrected chi connectivity index (χ0v) is 19.0. The maximum atomic E-state index is 12.5. The maximum Gasteiger partial charge on any atom is 0.238 e. The van der Waals surface area contributed by atoms with E-state index >= 15 is 0 Å². The first-order valence-corrected chi connectivity index (χ1v) is 10.6. The van der Waals surface area contributed by atoms with Gasteiger partial charge in [0.25, 0.3) is 0 Å². The summed E-state index contributed by atoms with van der Waals surface area (Å²) in [5.41, 5.74) is 2.82. The molecule has 0 aliphatic rings. The average Bonchev–Trinajstić information content (AvgIpc) is 2.74. The van der Waals surface area contributed by atoms with Crippen LogP contribution in [0.3, 0.4) is 0 Å². The summed E-state index contributed by atoms with van der Waals surface area (Å²) in [5, 5.41) is 5.77. The summed E-state index contributed by atoms with van der Waals surface area (Å²) in [7, 11) is 1.75. The molecule has 0 aliphatic heterocycles. The van der Waals surface area contributed by atoms with E-state index in [0.29, 0.717) is 36.9 Å². The molecule has 7 nitrogen and oxygen atoms in total. The first-order chi connectivity index (χ1) is 14.8. The van der Waals surface area contributed by atoms with Crippen LogP contribution in [0.2, 0.25) is 0 Å². The van der Waals surface area contributed by atoms with Crippen molar-refractivity contribution in [2.24, 2.45) is 0 Å². The summed E-state index contributed by atoms with van der Waals surface area (Å²) in [4.78, 5) is 26.7. The van der Waals surface area contributed by atoms with Crippen LogP contribution in [0.4, 0.5) is 5.69 Å². The largest absolute Gasteiger partial charge is 0.490 e. The molecule has 2 amide bonds. The lowest BCUT2D eigenvalue weighted by molar-refractivity contribution is -0.126. The minimum atomic E-state index is -0.449. The first-order valence-electron chi connectivity index (χ1n) is 10.6. The predicted molar refractivity (Wildman–Crippen MR) is 123 cm³/mol. The molecule has 0 saturated heterocycles. The molecule has 0 aliphatic carbocycles. The Morgan fingerprint density at radius 1 is 1.00 bits per heavy atom. The molecular formula is C24H33N3O4. The van der Waals surface area contributed by atoms with Gasteiger partial charge in [0.1, 0.15) is 0 Å². The van der Waals surface area contributed by atoms with Gasteiger partial charge in [0.15, 0.2) is 11.5 Å². The number of rotatable bonds is 11. The minimum absolute atomic E-state index is 0.0797. The van der Waals surface area contributed by atoms with Gasteiger partial charge in [-0.2, -0.15) is 0 Å². The quantitative estimate of drug-likeness (QED) is 0.575. The van der Waals surface area contributed by atoms with Gasteiger partial charge >= 0.3 is 0 Å². The molecule has 0 fully saturated rings. The number of likely N-dealkylation sites (N-methyl/N-ethyl adjacent to an activating group) is 1. The van der Waals surface area contributed by atoms with E-state index < -0.39 is 6.04 Å². The number of ether oxygens (including phenoxy) is 2. The number of carbonyl (C=O) groups is 2. The highest BCUT2D eigenvalue weighted by molar-refractivity contribution is 5.93. The number of benzene rings is 2. The van der Waals surface area contributed by atoms with Crippen molar-refractivity contribution in [2.75, 3.05) is 32.1 Å². The van der Waals surface area contributed by atoms with Crippen LogP contribution >= 0.6 is 0 Å². The molecule has 2 rings (SSSR count). The summed E-state index contributed by atoms with van der Waals surface area (Å²) < 4.78 is 11.1. The number of hydrogen-bond donors (Lipinski definition) is 2. The number of anilines is 1. The van der Waals surface area contributed by atoms with Gasteiger partial charge in [-0.1, -0.05) is 29.8 Å². The van der Waals surface area contributed by atoms with E-state index in [-0.39, 0.29) is 18.4 Å². The number of aryl methyl sites for hydroxylation is 1. The Morgan fingerprint density at radius 3 is 2.29 bits per heavy atom. The van der Waals surface area contributed by atoms with E-state index in [0.717, 1.165) is 5.56 Å². The summed E-state index contributed by atoms with van der Waals surface area (Å²) in [6.45, 7) is 9.15. The van der Waals surface area contributed by atoms with Gasteiger partial charge in [0, 0.05) is 18.3 Å². The second kappa shape index (κ2) is 12.0. The molecule has 2 N–H and O–H groups in total. The summed E-state index contributed by atoms with van der Waals surface area (Å²) in [5.74, 6) is 0.876.